The first kappa shape index (κ1) is 13.5. The number of carboxylic acids is 1. The van der Waals surface area contributed by atoms with Gasteiger partial charge in [-0.25, -0.2) is 0 Å². The van der Waals surface area contributed by atoms with Crippen molar-refractivity contribution in [3.63, 3.8) is 0 Å². The van der Waals surface area contributed by atoms with E-state index in [9.17, 15) is 4.79 Å². The van der Waals surface area contributed by atoms with E-state index in [-0.39, 0.29) is 0 Å². The Morgan fingerprint density at radius 3 is 2.67 bits per heavy atom. The summed E-state index contributed by atoms with van der Waals surface area (Å²) in [6, 6.07) is 3.77. The smallest absolute Gasteiger partial charge is 0.316 e. The molecule has 1 heterocycles. The van der Waals surface area contributed by atoms with Crippen LogP contribution in [0.4, 0.5) is 0 Å². The maximum absolute atomic E-state index is 10.8. The number of ether oxygens (including phenoxy) is 2. The summed E-state index contributed by atoms with van der Waals surface area (Å²) in [6.45, 7) is 2.79. The lowest BCUT2D eigenvalue weighted by Gasteiger charge is -2.20. The Bertz CT molecular complexity index is 464. The molecule has 18 heavy (non-hydrogen) atoms. The van der Waals surface area contributed by atoms with Crippen LogP contribution in [-0.2, 0) is 10.5 Å². The van der Waals surface area contributed by atoms with Gasteiger partial charge in [0.05, 0.1) is 5.25 Å². The second-order valence-corrected chi connectivity index (χ2v) is 6.06. The van der Waals surface area contributed by atoms with Crippen LogP contribution in [0, 0.1) is 0 Å². The molecule has 2 rings (SSSR count). The molecule has 0 saturated carbocycles. The molecular formula is C12H13BrO4S. The van der Waals surface area contributed by atoms with E-state index >= 15 is 0 Å². The Morgan fingerprint density at radius 1 is 1.44 bits per heavy atom. The number of hydrogen-bond donors (Lipinski definition) is 1. The Morgan fingerprint density at radius 2 is 2.06 bits per heavy atom. The highest BCUT2D eigenvalue weighted by Crippen LogP contribution is 2.37. The van der Waals surface area contributed by atoms with Crippen molar-refractivity contribution in [1.29, 1.82) is 0 Å². The molecule has 0 fully saturated rings. The highest BCUT2D eigenvalue weighted by molar-refractivity contribution is 9.10. The van der Waals surface area contributed by atoms with Crippen LogP contribution in [0.3, 0.4) is 0 Å². The zero-order valence-electron chi connectivity index (χ0n) is 9.81. The number of halogens is 1. The van der Waals surface area contributed by atoms with E-state index < -0.39 is 11.2 Å². The topological polar surface area (TPSA) is 55.8 Å². The van der Waals surface area contributed by atoms with E-state index in [1.165, 1.54) is 11.8 Å². The third-order valence-electron chi connectivity index (χ3n) is 2.55. The van der Waals surface area contributed by atoms with Gasteiger partial charge in [-0.05, 0) is 24.6 Å². The Hall–Kier alpha value is -0.880. The SMILES string of the molecule is CC(SCc1cc2c(cc1Br)OCCO2)C(=O)O. The van der Waals surface area contributed by atoms with Gasteiger partial charge in [0.1, 0.15) is 13.2 Å². The molecule has 98 valence electrons. The van der Waals surface area contributed by atoms with E-state index in [1.54, 1.807) is 6.92 Å². The molecule has 0 bridgehead atoms. The van der Waals surface area contributed by atoms with Gasteiger partial charge in [-0.3, -0.25) is 4.79 Å². The second-order valence-electron chi connectivity index (χ2n) is 3.88. The van der Waals surface area contributed by atoms with Gasteiger partial charge in [-0.2, -0.15) is 0 Å². The molecule has 0 spiro atoms. The number of benzene rings is 1. The number of carbonyl (C=O) groups is 1. The van der Waals surface area contributed by atoms with Crippen LogP contribution in [0.5, 0.6) is 11.5 Å². The molecule has 0 aliphatic carbocycles. The predicted molar refractivity (Wildman–Crippen MR) is 73.5 cm³/mol. The summed E-state index contributed by atoms with van der Waals surface area (Å²) in [5.74, 6) is 1.27. The lowest BCUT2D eigenvalue weighted by atomic mass is 10.2. The van der Waals surface area contributed by atoms with Crippen molar-refractivity contribution in [3.8, 4) is 11.5 Å². The normalized spacial score (nSPS) is 15.2. The fourth-order valence-electron chi connectivity index (χ4n) is 1.50. The summed E-state index contributed by atoms with van der Waals surface area (Å²) >= 11 is 4.84. The van der Waals surface area contributed by atoms with Crippen molar-refractivity contribution in [2.24, 2.45) is 0 Å². The Labute approximate surface area is 118 Å². The fourth-order valence-corrected chi connectivity index (χ4v) is 2.96. The lowest BCUT2D eigenvalue weighted by Crippen LogP contribution is -2.15. The van der Waals surface area contributed by atoms with Crippen LogP contribution in [0.25, 0.3) is 0 Å². The first-order valence-electron chi connectivity index (χ1n) is 5.50. The molecule has 4 nitrogen and oxygen atoms in total. The quantitative estimate of drug-likeness (QED) is 0.918. The Kier molecular flexibility index (Phi) is 4.40. The maximum atomic E-state index is 10.8. The molecule has 1 N–H and O–H groups in total. The van der Waals surface area contributed by atoms with Crippen molar-refractivity contribution >= 4 is 33.7 Å². The van der Waals surface area contributed by atoms with E-state index in [1.807, 2.05) is 12.1 Å². The molecular weight excluding hydrogens is 320 g/mol. The van der Waals surface area contributed by atoms with Crippen LogP contribution >= 0.6 is 27.7 Å². The number of thioether (sulfide) groups is 1. The third kappa shape index (κ3) is 3.11. The first-order chi connectivity index (χ1) is 8.58. The summed E-state index contributed by atoms with van der Waals surface area (Å²) < 4.78 is 11.9. The van der Waals surface area contributed by atoms with Crippen LogP contribution < -0.4 is 9.47 Å². The number of rotatable bonds is 4. The molecule has 1 aliphatic heterocycles. The van der Waals surface area contributed by atoms with Gasteiger partial charge in [0.25, 0.3) is 0 Å². The number of fused-ring (bicyclic) bond motifs is 1. The van der Waals surface area contributed by atoms with Crippen LogP contribution in [0.1, 0.15) is 12.5 Å². The molecule has 0 saturated heterocycles. The summed E-state index contributed by atoms with van der Waals surface area (Å²) in [5, 5.41) is 8.42. The maximum Gasteiger partial charge on any atom is 0.316 e. The fraction of sp³-hybridized carbons (Fsp3) is 0.417. The van der Waals surface area contributed by atoms with E-state index in [0.717, 1.165) is 21.5 Å². The van der Waals surface area contributed by atoms with Gasteiger partial charge < -0.3 is 14.6 Å². The van der Waals surface area contributed by atoms with Gasteiger partial charge in [-0.15, -0.1) is 11.8 Å². The minimum atomic E-state index is -0.798. The van der Waals surface area contributed by atoms with Crippen molar-refractivity contribution in [2.75, 3.05) is 13.2 Å². The Balaban J connectivity index is 2.11. The number of aliphatic carboxylic acids is 1. The molecule has 1 unspecified atom stereocenters. The monoisotopic (exact) mass is 332 g/mol. The van der Waals surface area contributed by atoms with Gasteiger partial charge in [0.15, 0.2) is 11.5 Å². The molecule has 6 heteroatoms. The van der Waals surface area contributed by atoms with E-state index in [2.05, 4.69) is 15.9 Å². The minimum Gasteiger partial charge on any atom is -0.486 e. The van der Waals surface area contributed by atoms with Gasteiger partial charge in [0, 0.05) is 10.2 Å². The average Bonchev–Trinajstić information content (AvgIpc) is 2.35. The van der Waals surface area contributed by atoms with Crippen molar-refractivity contribution in [1.82, 2.24) is 0 Å². The second kappa shape index (κ2) is 5.84. The molecule has 0 aromatic heterocycles. The standard InChI is InChI=1S/C12H13BrO4S/c1-7(12(14)15)18-6-8-4-10-11(5-9(8)13)17-3-2-16-10/h4-5,7H,2-3,6H2,1H3,(H,14,15). The first-order valence-corrected chi connectivity index (χ1v) is 7.34. The van der Waals surface area contributed by atoms with Crippen molar-refractivity contribution in [3.05, 3.63) is 22.2 Å². The average molecular weight is 333 g/mol. The third-order valence-corrected chi connectivity index (χ3v) is 4.47. The van der Waals surface area contributed by atoms with Gasteiger partial charge in [0.2, 0.25) is 0 Å². The van der Waals surface area contributed by atoms with Crippen LogP contribution in [0.15, 0.2) is 16.6 Å². The molecule has 1 aliphatic rings. The summed E-state index contributed by atoms with van der Waals surface area (Å²) in [5.41, 5.74) is 1.01. The van der Waals surface area contributed by atoms with Crippen LogP contribution in [0.2, 0.25) is 0 Å². The van der Waals surface area contributed by atoms with Gasteiger partial charge >= 0.3 is 5.97 Å². The van der Waals surface area contributed by atoms with Gasteiger partial charge in [-0.1, -0.05) is 15.9 Å². The minimum absolute atomic E-state index is 0.426. The molecule has 0 radical (unpaired) electrons. The highest BCUT2D eigenvalue weighted by atomic mass is 79.9. The summed E-state index contributed by atoms with van der Waals surface area (Å²) in [6.07, 6.45) is 0. The zero-order valence-corrected chi connectivity index (χ0v) is 12.2. The summed E-state index contributed by atoms with van der Waals surface area (Å²) in [4.78, 5) is 10.8. The summed E-state index contributed by atoms with van der Waals surface area (Å²) in [7, 11) is 0. The largest absolute Gasteiger partial charge is 0.486 e. The zero-order chi connectivity index (χ0) is 13.1. The molecule has 1 aromatic rings. The van der Waals surface area contributed by atoms with Crippen LogP contribution in [-0.4, -0.2) is 29.5 Å². The highest BCUT2D eigenvalue weighted by Gasteiger charge is 2.17. The van der Waals surface area contributed by atoms with Crippen molar-refractivity contribution < 1.29 is 19.4 Å². The van der Waals surface area contributed by atoms with E-state index in [4.69, 9.17) is 14.6 Å². The molecule has 1 atom stereocenters. The van der Waals surface area contributed by atoms with E-state index in [0.29, 0.717) is 19.0 Å². The molecule has 0 amide bonds. The number of hydrogen-bond acceptors (Lipinski definition) is 4. The van der Waals surface area contributed by atoms with Crippen molar-refractivity contribution in [2.45, 2.75) is 17.9 Å². The predicted octanol–water partition coefficient (Wildman–Crippen LogP) is 2.93. The number of carboxylic acid groups (broad SMARTS) is 1. The molecule has 1 aromatic carbocycles. The lowest BCUT2D eigenvalue weighted by molar-refractivity contribution is -0.136.